The molecule has 2 rings (SSSR count). The van der Waals surface area contributed by atoms with Crippen LogP contribution < -0.4 is 5.32 Å². The van der Waals surface area contributed by atoms with E-state index in [4.69, 9.17) is 5.11 Å². The first-order chi connectivity index (χ1) is 8.06. The number of nitrogens with one attached hydrogen (secondary N) is 1. The van der Waals surface area contributed by atoms with Crippen LogP contribution in [0, 0.1) is 5.92 Å². The number of rotatable bonds is 2. The average molecular weight is 233 g/mol. The van der Waals surface area contributed by atoms with Crippen LogP contribution in [0.5, 0.6) is 0 Å². The van der Waals surface area contributed by atoms with Crippen LogP contribution in [0.3, 0.4) is 0 Å². The van der Waals surface area contributed by atoms with Crippen LogP contribution >= 0.6 is 0 Å². The maximum atomic E-state index is 10.8. The van der Waals surface area contributed by atoms with Crippen LogP contribution in [-0.4, -0.2) is 17.1 Å². The van der Waals surface area contributed by atoms with E-state index in [1.54, 1.807) is 12.1 Å². The summed E-state index contributed by atoms with van der Waals surface area (Å²) in [6, 6.07) is 8.10. The van der Waals surface area contributed by atoms with E-state index in [1.165, 1.54) is 12.0 Å². The molecule has 0 bridgehead atoms. The molecule has 0 radical (unpaired) electrons. The molecule has 0 spiro atoms. The molecule has 3 unspecified atom stereocenters. The Morgan fingerprint density at radius 2 is 1.88 bits per heavy atom. The minimum Gasteiger partial charge on any atom is -0.478 e. The van der Waals surface area contributed by atoms with Crippen molar-refractivity contribution < 1.29 is 9.90 Å². The van der Waals surface area contributed by atoms with Gasteiger partial charge in [-0.1, -0.05) is 19.1 Å². The molecule has 1 aromatic rings. The van der Waals surface area contributed by atoms with Crippen LogP contribution in [0.1, 0.15) is 48.7 Å². The summed E-state index contributed by atoms with van der Waals surface area (Å²) >= 11 is 0. The molecule has 92 valence electrons. The quantitative estimate of drug-likeness (QED) is 0.825. The van der Waals surface area contributed by atoms with Gasteiger partial charge in [0.2, 0.25) is 0 Å². The summed E-state index contributed by atoms with van der Waals surface area (Å²) in [5, 5.41) is 12.4. The van der Waals surface area contributed by atoms with Crippen LogP contribution in [-0.2, 0) is 0 Å². The third-order valence-corrected chi connectivity index (χ3v) is 3.44. The molecule has 17 heavy (non-hydrogen) atoms. The van der Waals surface area contributed by atoms with Crippen molar-refractivity contribution in [2.45, 2.75) is 38.8 Å². The molecule has 1 aromatic carbocycles. The van der Waals surface area contributed by atoms with Gasteiger partial charge in [-0.05, 0) is 43.4 Å². The molecule has 1 heterocycles. The highest BCUT2D eigenvalue weighted by molar-refractivity contribution is 5.87. The average Bonchev–Trinajstić information content (AvgIpc) is 2.28. The first kappa shape index (κ1) is 12.1. The Labute approximate surface area is 102 Å². The normalized spacial score (nSPS) is 28.9. The van der Waals surface area contributed by atoms with E-state index in [2.05, 4.69) is 19.2 Å². The van der Waals surface area contributed by atoms with Gasteiger partial charge in [0.15, 0.2) is 0 Å². The molecule has 0 aliphatic carbocycles. The predicted octanol–water partition coefficient (Wildman–Crippen LogP) is 2.83. The van der Waals surface area contributed by atoms with Gasteiger partial charge in [-0.2, -0.15) is 0 Å². The largest absolute Gasteiger partial charge is 0.478 e. The predicted molar refractivity (Wildman–Crippen MR) is 67.1 cm³/mol. The summed E-state index contributed by atoms with van der Waals surface area (Å²) < 4.78 is 0. The third kappa shape index (κ3) is 2.86. The van der Waals surface area contributed by atoms with Crippen LogP contribution in [0.4, 0.5) is 0 Å². The summed E-state index contributed by atoms with van der Waals surface area (Å²) in [5.41, 5.74) is 1.54. The fourth-order valence-corrected chi connectivity index (χ4v) is 2.67. The lowest BCUT2D eigenvalue weighted by atomic mass is 9.86. The van der Waals surface area contributed by atoms with Gasteiger partial charge in [-0.3, -0.25) is 0 Å². The molecule has 1 aliphatic rings. The molecule has 1 saturated heterocycles. The second-order valence-electron chi connectivity index (χ2n) is 5.12. The third-order valence-electron chi connectivity index (χ3n) is 3.44. The van der Waals surface area contributed by atoms with Crippen molar-refractivity contribution in [3.63, 3.8) is 0 Å². The molecule has 1 fully saturated rings. The maximum absolute atomic E-state index is 10.8. The molecular weight excluding hydrogens is 214 g/mol. The molecule has 1 aliphatic heterocycles. The Hall–Kier alpha value is -1.35. The van der Waals surface area contributed by atoms with Gasteiger partial charge < -0.3 is 10.4 Å². The van der Waals surface area contributed by atoms with E-state index < -0.39 is 5.97 Å². The SMILES string of the molecule is CC1CC(C)NC(c2ccc(C(=O)O)cc2)C1. The minimum absolute atomic E-state index is 0.352. The second kappa shape index (κ2) is 4.88. The van der Waals surface area contributed by atoms with Crippen LogP contribution in [0.2, 0.25) is 0 Å². The molecule has 3 atom stereocenters. The molecule has 0 aromatic heterocycles. The molecule has 3 heteroatoms. The summed E-state index contributed by atoms with van der Waals surface area (Å²) in [7, 11) is 0. The van der Waals surface area contributed by atoms with Crippen molar-refractivity contribution in [1.29, 1.82) is 0 Å². The summed E-state index contributed by atoms with van der Waals surface area (Å²) in [6.07, 6.45) is 2.33. The highest BCUT2D eigenvalue weighted by Crippen LogP contribution is 2.29. The molecule has 3 nitrogen and oxygen atoms in total. The van der Waals surface area contributed by atoms with Crippen molar-refractivity contribution in [3.05, 3.63) is 35.4 Å². The molecular formula is C14H19NO2. The summed E-state index contributed by atoms with van der Waals surface area (Å²) in [6.45, 7) is 4.48. The zero-order chi connectivity index (χ0) is 12.4. The highest BCUT2D eigenvalue weighted by atomic mass is 16.4. The van der Waals surface area contributed by atoms with E-state index in [0.717, 1.165) is 12.3 Å². The number of benzene rings is 1. The van der Waals surface area contributed by atoms with Gasteiger partial charge >= 0.3 is 5.97 Å². The zero-order valence-electron chi connectivity index (χ0n) is 10.3. The van der Waals surface area contributed by atoms with Gasteiger partial charge in [0.05, 0.1) is 5.56 Å². The second-order valence-corrected chi connectivity index (χ2v) is 5.12. The number of hydrogen-bond acceptors (Lipinski definition) is 2. The first-order valence-corrected chi connectivity index (χ1v) is 6.15. The number of carbonyl (C=O) groups is 1. The van der Waals surface area contributed by atoms with Gasteiger partial charge in [0.1, 0.15) is 0 Å². The standard InChI is InChI=1S/C14H19NO2/c1-9-7-10(2)15-13(8-9)11-3-5-12(6-4-11)14(16)17/h3-6,9-10,13,15H,7-8H2,1-2H3,(H,16,17). The monoisotopic (exact) mass is 233 g/mol. The Bertz CT molecular complexity index is 389. The van der Waals surface area contributed by atoms with E-state index in [-0.39, 0.29) is 0 Å². The Kier molecular flexibility index (Phi) is 3.48. The van der Waals surface area contributed by atoms with Crippen LogP contribution in [0.25, 0.3) is 0 Å². The summed E-state index contributed by atoms with van der Waals surface area (Å²) in [4.78, 5) is 10.8. The first-order valence-electron chi connectivity index (χ1n) is 6.15. The van der Waals surface area contributed by atoms with E-state index >= 15 is 0 Å². The smallest absolute Gasteiger partial charge is 0.335 e. The van der Waals surface area contributed by atoms with E-state index in [0.29, 0.717) is 17.6 Å². The lowest BCUT2D eigenvalue weighted by molar-refractivity contribution is 0.0697. The Balaban J connectivity index is 2.14. The number of hydrogen-bond donors (Lipinski definition) is 2. The molecule has 2 N–H and O–H groups in total. The number of aromatic carboxylic acids is 1. The van der Waals surface area contributed by atoms with Crippen molar-refractivity contribution in [3.8, 4) is 0 Å². The highest BCUT2D eigenvalue weighted by Gasteiger charge is 2.24. The van der Waals surface area contributed by atoms with E-state index in [9.17, 15) is 4.79 Å². The zero-order valence-corrected chi connectivity index (χ0v) is 10.3. The Morgan fingerprint density at radius 1 is 1.24 bits per heavy atom. The number of carboxylic acids is 1. The van der Waals surface area contributed by atoms with Gasteiger partial charge in [0.25, 0.3) is 0 Å². The number of piperidine rings is 1. The van der Waals surface area contributed by atoms with Gasteiger partial charge in [-0.25, -0.2) is 4.79 Å². The van der Waals surface area contributed by atoms with Crippen molar-refractivity contribution >= 4 is 5.97 Å². The minimum atomic E-state index is -0.866. The van der Waals surface area contributed by atoms with Gasteiger partial charge in [-0.15, -0.1) is 0 Å². The Morgan fingerprint density at radius 3 is 2.41 bits per heavy atom. The van der Waals surface area contributed by atoms with Gasteiger partial charge in [0, 0.05) is 12.1 Å². The molecule has 0 saturated carbocycles. The lowest BCUT2D eigenvalue weighted by Gasteiger charge is -2.33. The summed E-state index contributed by atoms with van der Waals surface area (Å²) in [5.74, 6) is -0.148. The van der Waals surface area contributed by atoms with E-state index in [1.807, 2.05) is 12.1 Å². The maximum Gasteiger partial charge on any atom is 0.335 e. The van der Waals surface area contributed by atoms with Crippen molar-refractivity contribution in [1.82, 2.24) is 5.32 Å². The number of carboxylic acid groups (broad SMARTS) is 1. The fraction of sp³-hybridized carbons (Fsp3) is 0.500. The van der Waals surface area contributed by atoms with Crippen molar-refractivity contribution in [2.24, 2.45) is 5.92 Å². The lowest BCUT2D eigenvalue weighted by Crippen LogP contribution is -2.37. The van der Waals surface area contributed by atoms with Crippen molar-refractivity contribution in [2.75, 3.05) is 0 Å². The molecule has 0 amide bonds. The van der Waals surface area contributed by atoms with Crippen LogP contribution in [0.15, 0.2) is 24.3 Å². The topological polar surface area (TPSA) is 49.3 Å². The fourth-order valence-electron chi connectivity index (χ4n) is 2.67.